The number of aliphatic hydroxyl groups excluding tert-OH is 1. The van der Waals surface area contributed by atoms with Crippen molar-refractivity contribution in [3.8, 4) is 5.75 Å². The summed E-state index contributed by atoms with van der Waals surface area (Å²) in [7, 11) is 3.39. The summed E-state index contributed by atoms with van der Waals surface area (Å²) in [6, 6.07) is 7.46. The van der Waals surface area contributed by atoms with Crippen LogP contribution in [-0.4, -0.2) is 45.5 Å². The Kier molecular flexibility index (Phi) is 3.85. The molecule has 0 unspecified atom stereocenters. The third-order valence-corrected chi connectivity index (χ3v) is 3.97. The van der Waals surface area contributed by atoms with E-state index >= 15 is 0 Å². The van der Waals surface area contributed by atoms with E-state index in [0.29, 0.717) is 18.5 Å². The van der Waals surface area contributed by atoms with Gasteiger partial charge in [-0.25, -0.2) is 0 Å². The minimum atomic E-state index is -0.517. The van der Waals surface area contributed by atoms with E-state index in [9.17, 15) is 9.90 Å². The Bertz CT molecular complexity index is 683. The number of ether oxygens (including phenoxy) is 1. The lowest BCUT2D eigenvalue weighted by molar-refractivity contribution is 0.0715. The van der Waals surface area contributed by atoms with Crippen molar-refractivity contribution in [2.24, 2.45) is 7.05 Å². The van der Waals surface area contributed by atoms with E-state index < -0.39 is 6.10 Å². The van der Waals surface area contributed by atoms with Gasteiger partial charge in [0.25, 0.3) is 5.91 Å². The number of hydrogen-bond acceptors (Lipinski definition) is 4. The first kappa shape index (κ1) is 14.6. The number of likely N-dealkylation sites (tertiary alicyclic amines) is 1. The number of methoxy groups -OCH3 is 1. The van der Waals surface area contributed by atoms with Crippen LogP contribution < -0.4 is 4.74 Å². The second-order valence-electron chi connectivity index (χ2n) is 5.54. The molecule has 0 saturated carbocycles. The molecule has 2 heterocycles. The first-order chi connectivity index (χ1) is 10.6. The molecule has 22 heavy (non-hydrogen) atoms. The fourth-order valence-electron chi connectivity index (χ4n) is 2.90. The minimum Gasteiger partial charge on any atom is -0.497 e. The van der Waals surface area contributed by atoms with Crippen LogP contribution in [0.3, 0.4) is 0 Å². The molecule has 2 atom stereocenters. The highest BCUT2D eigenvalue weighted by molar-refractivity contribution is 5.94. The molecule has 116 valence electrons. The van der Waals surface area contributed by atoms with Crippen molar-refractivity contribution < 1.29 is 14.6 Å². The van der Waals surface area contributed by atoms with Gasteiger partial charge in [-0.2, -0.15) is 5.10 Å². The molecule has 3 rings (SSSR count). The van der Waals surface area contributed by atoms with Crippen molar-refractivity contribution >= 4 is 5.91 Å². The van der Waals surface area contributed by atoms with E-state index in [1.54, 1.807) is 36.1 Å². The van der Waals surface area contributed by atoms with Crippen LogP contribution in [0.1, 0.15) is 28.4 Å². The second-order valence-corrected chi connectivity index (χ2v) is 5.54. The molecule has 0 radical (unpaired) electrons. The zero-order valence-corrected chi connectivity index (χ0v) is 12.6. The van der Waals surface area contributed by atoms with Crippen molar-refractivity contribution in [2.45, 2.75) is 18.6 Å². The molecule has 0 spiro atoms. The van der Waals surface area contributed by atoms with Gasteiger partial charge in [-0.1, -0.05) is 12.1 Å². The van der Waals surface area contributed by atoms with Gasteiger partial charge in [-0.15, -0.1) is 0 Å². The molecule has 6 heteroatoms. The number of aliphatic hydroxyl groups is 1. The van der Waals surface area contributed by atoms with Crippen LogP contribution in [0.5, 0.6) is 5.75 Å². The van der Waals surface area contributed by atoms with Crippen LogP contribution >= 0.6 is 0 Å². The van der Waals surface area contributed by atoms with Gasteiger partial charge in [0.15, 0.2) is 0 Å². The lowest BCUT2D eigenvalue weighted by Gasteiger charge is -2.24. The van der Waals surface area contributed by atoms with Crippen molar-refractivity contribution in [1.82, 2.24) is 14.7 Å². The predicted octanol–water partition coefficient (Wildman–Crippen LogP) is 1.38. The largest absolute Gasteiger partial charge is 0.497 e. The average Bonchev–Trinajstić information content (AvgIpc) is 3.12. The van der Waals surface area contributed by atoms with Crippen LogP contribution in [0.2, 0.25) is 0 Å². The second kappa shape index (κ2) is 5.81. The smallest absolute Gasteiger partial charge is 0.257 e. The molecule has 1 aromatic carbocycles. The van der Waals surface area contributed by atoms with Gasteiger partial charge in [0.1, 0.15) is 5.75 Å². The maximum Gasteiger partial charge on any atom is 0.257 e. The fourth-order valence-corrected chi connectivity index (χ4v) is 2.90. The van der Waals surface area contributed by atoms with Crippen LogP contribution in [0, 0.1) is 0 Å². The Balaban J connectivity index is 1.90. The van der Waals surface area contributed by atoms with Crippen molar-refractivity contribution in [2.75, 3.05) is 13.7 Å². The zero-order chi connectivity index (χ0) is 15.7. The van der Waals surface area contributed by atoms with E-state index in [2.05, 4.69) is 5.10 Å². The summed E-state index contributed by atoms with van der Waals surface area (Å²) in [5.41, 5.74) is 1.50. The third kappa shape index (κ3) is 2.69. The Hall–Kier alpha value is -2.34. The fraction of sp³-hybridized carbons (Fsp3) is 0.375. The van der Waals surface area contributed by atoms with E-state index in [1.165, 1.54) is 0 Å². The Labute approximate surface area is 128 Å². The molecular formula is C16H19N3O3. The SMILES string of the molecule is COc1cccc([C@H]2C[C@H](O)CN2C(=O)c2cnn(C)c2)c1. The van der Waals surface area contributed by atoms with Gasteiger partial charge >= 0.3 is 0 Å². The van der Waals surface area contributed by atoms with Gasteiger partial charge in [0.05, 0.1) is 31.0 Å². The van der Waals surface area contributed by atoms with E-state index in [-0.39, 0.29) is 11.9 Å². The zero-order valence-electron chi connectivity index (χ0n) is 12.6. The first-order valence-corrected chi connectivity index (χ1v) is 7.20. The van der Waals surface area contributed by atoms with Gasteiger partial charge < -0.3 is 14.7 Å². The lowest BCUT2D eigenvalue weighted by Crippen LogP contribution is -2.31. The molecule has 0 aliphatic carbocycles. The number of aryl methyl sites for hydroxylation is 1. The molecule has 6 nitrogen and oxygen atoms in total. The van der Waals surface area contributed by atoms with Gasteiger partial charge in [-0.05, 0) is 24.1 Å². The van der Waals surface area contributed by atoms with Gasteiger partial charge in [0.2, 0.25) is 0 Å². The lowest BCUT2D eigenvalue weighted by atomic mass is 10.0. The van der Waals surface area contributed by atoms with Crippen LogP contribution in [-0.2, 0) is 7.05 Å². The Morgan fingerprint density at radius 1 is 1.45 bits per heavy atom. The van der Waals surface area contributed by atoms with Crippen molar-refractivity contribution in [3.05, 3.63) is 47.8 Å². The quantitative estimate of drug-likeness (QED) is 0.930. The minimum absolute atomic E-state index is 0.113. The molecule has 2 aromatic rings. The highest BCUT2D eigenvalue weighted by Gasteiger charge is 2.36. The van der Waals surface area contributed by atoms with E-state index in [0.717, 1.165) is 11.3 Å². The Morgan fingerprint density at radius 3 is 2.95 bits per heavy atom. The summed E-state index contributed by atoms with van der Waals surface area (Å²) in [6.07, 6.45) is 3.25. The molecule has 1 fully saturated rings. The number of aromatic nitrogens is 2. The molecule has 1 saturated heterocycles. The number of carbonyl (C=O) groups is 1. The molecule has 0 bridgehead atoms. The molecule has 1 aromatic heterocycles. The van der Waals surface area contributed by atoms with Gasteiger partial charge in [-0.3, -0.25) is 9.48 Å². The molecule has 1 aliphatic heterocycles. The summed E-state index contributed by atoms with van der Waals surface area (Å²) in [5.74, 6) is 0.630. The highest BCUT2D eigenvalue weighted by atomic mass is 16.5. The summed E-state index contributed by atoms with van der Waals surface area (Å²) in [6.45, 7) is 0.329. The summed E-state index contributed by atoms with van der Waals surface area (Å²) < 4.78 is 6.84. The van der Waals surface area contributed by atoms with E-state index in [4.69, 9.17) is 4.74 Å². The number of β-amino-alcohol motifs (C(OH)–C–C–N with tert-alkyl or cyclic N) is 1. The van der Waals surface area contributed by atoms with Crippen molar-refractivity contribution in [1.29, 1.82) is 0 Å². The first-order valence-electron chi connectivity index (χ1n) is 7.20. The third-order valence-electron chi connectivity index (χ3n) is 3.97. The number of nitrogens with zero attached hydrogens (tertiary/aromatic N) is 3. The van der Waals surface area contributed by atoms with Gasteiger partial charge in [0, 0.05) is 19.8 Å². The number of amides is 1. The molecule has 1 aliphatic rings. The maximum absolute atomic E-state index is 12.7. The number of hydrogen-bond donors (Lipinski definition) is 1. The molecular weight excluding hydrogens is 282 g/mol. The maximum atomic E-state index is 12.7. The topological polar surface area (TPSA) is 67.6 Å². The average molecular weight is 301 g/mol. The summed E-state index contributed by atoms with van der Waals surface area (Å²) in [4.78, 5) is 14.4. The normalized spacial score (nSPS) is 21.1. The summed E-state index contributed by atoms with van der Waals surface area (Å²) >= 11 is 0. The van der Waals surface area contributed by atoms with Crippen LogP contribution in [0.25, 0.3) is 0 Å². The van der Waals surface area contributed by atoms with Crippen molar-refractivity contribution in [3.63, 3.8) is 0 Å². The van der Waals surface area contributed by atoms with E-state index in [1.807, 2.05) is 24.3 Å². The number of carbonyl (C=O) groups excluding carboxylic acids is 1. The standard InChI is InChI=1S/C16H19N3O3/c1-18-9-12(8-17-18)16(21)19-10-13(20)7-15(19)11-4-3-5-14(6-11)22-2/h3-6,8-9,13,15,20H,7,10H2,1-2H3/t13-,15+/m0/s1. The monoisotopic (exact) mass is 301 g/mol. The highest BCUT2D eigenvalue weighted by Crippen LogP contribution is 2.34. The predicted molar refractivity (Wildman–Crippen MR) is 80.6 cm³/mol. The number of rotatable bonds is 3. The molecule has 1 N–H and O–H groups in total. The molecule has 1 amide bonds. The number of benzene rings is 1. The Morgan fingerprint density at radius 2 is 2.27 bits per heavy atom. The van der Waals surface area contributed by atoms with Crippen LogP contribution in [0.15, 0.2) is 36.7 Å². The summed E-state index contributed by atoms with van der Waals surface area (Å²) in [5, 5.41) is 14.1. The van der Waals surface area contributed by atoms with Crippen LogP contribution in [0.4, 0.5) is 0 Å².